The van der Waals surface area contributed by atoms with E-state index in [0.717, 1.165) is 0 Å². The third-order valence-electron chi connectivity index (χ3n) is 2.61. The van der Waals surface area contributed by atoms with Crippen LogP contribution in [0, 0.1) is 5.92 Å². The van der Waals surface area contributed by atoms with Crippen molar-refractivity contribution < 1.29 is 14.6 Å². The van der Waals surface area contributed by atoms with Gasteiger partial charge in [0, 0.05) is 19.4 Å². The van der Waals surface area contributed by atoms with Crippen molar-refractivity contribution in [1.82, 2.24) is 0 Å². The Morgan fingerprint density at radius 3 is 2.67 bits per heavy atom. The standard InChI is InChI=1S/C9H18O3/c1-6-7(2)12-8(5-11-3)4-9(6)10/h6-10H,4-5H2,1-3H3. The molecule has 1 fully saturated rings. The zero-order valence-corrected chi connectivity index (χ0v) is 7.99. The topological polar surface area (TPSA) is 38.7 Å². The quantitative estimate of drug-likeness (QED) is 0.673. The molecule has 0 aromatic carbocycles. The summed E-state index contributed by atoms with van der Waals surface area (Å²) in [6.07, 6.45) is 0.651. The highest BCUT2D eigenvalue weighted by molar-refractivity contribution is 4.80. The van der Waals surface area contributed by atoms with Crippen molar-refractivity contribution in [2.24, 2.45) is 5.92 Å². The van der Waals surface area contributed by atoms with E-state index < -0.39 is 0 Å². The number of ether oxygens (including phenoxy) is 2. The summed E-state index contributed by atoms with van der Waals surface area (Å²) in [5, 5.41) is 9.61. The van der Waals surface area contributed by atoms with Crippen LogP contribution in [0.5, 0.6) is 0 Å². The van der Waals surface area contributed by atoms with Gasteiger partial charge in [0.1, 0.15) is 0 Å². The molecule has 3 nitrogen and oxygen atoms in total. The molecule has 1 saturated heterocycles. The van der Waals surface area contributed by atoms with Crippen LogP contribution < -0.4 is 0 Å². The maximum Gasteiger partial charge on any atom is 0.0836 e. The van der Waals surface area contributed by atoms with E-state index in [0.29, 0.717) is 13.0 Å². The Bertz CT molecular complexity index is 126. The van der Waals surface area contributed by atoms with Crippen LogP contribution in [0.2, 0.25) is 0 Å². The molecule has 1 aliphatic rings. The average molecular weight is 174 g/mol. The second-order valence-electron chi connectivity index (χ2n) is 3.58. The van der Waals surface area contributed by atoms with E-state index in [1.807, 2.05) is 13.8 Å². The van der Waals surface area contributed by atoms with Gasteiger partial charge in [-0.2, -0.15) is 0 Å². The van der Waals surface area contributed by atoms with Crippen molar-refractivity contribution >= 4 is 0 Å². The Morgan fingerprint density at radius 2 is 2.17 bits per heavy atom. The lowest BCUT2D eigenvalue weighted by molar-refractivity contribution is -0.139. The highest BCUT2D eigenvalue weighted by Gasteiger charge is 2.31. The zero-order valence-electron chi connectivity index (χ0n) is 7.99. The van der Waals surface area contributed by atoms with Crippen LogP contribution in [0.3, 0.4) is 0 Å². The Labute approximate surface area is 73.7 Å². The number of hydrogen-bond donors (Lipinski definition) is 1. The minimum Gasteiger partial charge on any atom is -0.393 e. The second-order valence-corrected chi connectivity index (χ2v) is 3.58. The van der Waals surface area contributed by atoms with Crippen molar-refractivity contribution in [1.29, 1.82) is 0 Å². The molecule has 0 aromatic rings. The molecule has 0 amide bonds. The normalized spacial score (nSPS) is 43.0. The molecule has 4 unspecified atom stereocenters. The zero-order chi connectivity index (χ0) is 9.14. The van der Waals surface area contributed by atoms with E-state index in [1.54, 1.807) is 7.11 Å². The molecule has 0 bridgehead atoms. The monoisotopic (exact) mass is 174 g/mol. The molecule has 4 atom stereocenters. The lowest BCUT2D eigenvalue weighted by Gasteiger charge is -2.36. The largest absolute Gasteiger partial charge is 0.393 e. The van der Waals surface area contributed by atoms with Crippen LogP contribution in [0.4, 0.5) is 0 Å². The summed E-state index contributed by atoms with van der Waals surface area (Å²) in [6, 6.07) is 0. The van der Waals surface area contributed by atoms with E-state index in [9.17, 15) is 5.11 Å². The van der Waals surface area contributed by atoms with Gasteiger partial charge in [-0.05, 0) is 6.92 Å². The molecule has 1 heterocycles. The Hall–Kier alpha value is -0.120. The predicted molar refractivity (Wildman–Crippen MR) is 46.0 cm³/mol. The Morgan fingerprint density at radius 1 is 1.50 bits per heavy atom. The minimum atomic E-state index is -0.242. The van der Waals surface area contributed by atoms with Gasteiger partial charge in [0.15, 0.2) is 0 Å². The maximum absolute atomic E-state index is 9.61. The van der Waals surface area contributed by atoms with Crippen molar-refractivity contribution in [3.8, 4) is 0 Å². The third-order valence-corrected chi connectivity index (χ3v) is 2.61. The van der Waals surface area contributed by atoms with Crippen LogP contribution in [-0.4, -0.2) is 37.1 Å². The fraction of sp³-hybridized carbons (Fsp3) is 1.00. The lowest BCUT2D eigenvalue weighted by atomic mass is 9.91. The highest BCUT2D eigenvalue weighted by atomic mass is 16.5. The Kier molecular flexibility index (Phi) is 3.50. The molecule has 0 aliphatic carbocycles. The molecule has 1 N–H and O–H groups in total. The molecule has 0 radical (unpaired) electrons. The summed E-state index contributed by atoms with van der Waals surface area (Å²) in [5.41, 5.74) is 0. The van der Waals surface area contributed by atoms with Gasteiger partial charge in [0.25, 0.3) is 0 Å². The molecular weight excluding hydrogens is 156 g/mol. The summed E-state index contributed by atoms with van der Waals surface area (Å²) >= 11 is 0. The van der Waals surface area contributed by atoms with Gasteiger partial charge in [0.05, 0.1) is 24.9 Å². The number of hydrogen-bond acceptors (Lipinski definition) is 3. The van der Waals surface area contributed by atoms with Gasteiger partial charge in [-0.3, -0.25) is 0 Å². The smallest absolute Gasteiger partial charge is 0.0836 e. The van der Waals surface area contributed by atoms with Crippen molar-refractivity contribution in [2.45, 2.75) is 38.6 Å². The first-order chi connectivity index (χ1) is 5.65. The summed E-state index contributed by atoms with van der Waals surface area (Å²) in [7, 11) is 1.65. The molecule has 3 heteroatoms. The summed E-state index contributed by atoms with van der Waals surface area (Å²) < 4.78 is 10.6. The second kappa shape index (κ2) is 4.21. The van der Waals surface area contributed by atoms with Crippen molar-refractivity contribution in [3.63, 3.8) is 0 Å². The maximum atomic E-state index is 9.61. The molecule has 72 valence electrons. The molecule has 1 aliphatic heterocycles. The fourth-order valence-electron chi connectivity index (χ4n) is 1.57. The molecule has 0 aromatic heterocycles. The first kappa shape index (κ1) is 9.96. The number of aliphatic hydroxyl groups is 1. The summed E-state index contributed by atoms with van der Waals surface area (Å²) in [6.45, 7) is 4.59. The van der Waals surface area contributed by atoms with E-state index in [1.165, 1.54) is 0 Å². The summed E-state index contributed by atoms with van der Waals surface area (Å²) in [4.78, 5) is 0. The first-order valence-corrected chi connectivity index (χ1v) is 4.47. The van der Waals surface area contributed by atoms with Gasteiger partial charge in [0.2, 0.25) is 0 Å². The predicted octanol–water partition coefficient (Wildman–Crippen LogP) is 0.807. The fourth-order valence-corrected chi connectivity index (χ4v) is 1.57. The van der Waals surface area contributed by atoms with Crippen LogP contribution in [0.1, 0.15) is 20.3 Å². The van der Waals surface area contributed by atoms with E-state index >= 15 is 0 Å². The van der Waals surface area contributed by atoms with Crippen LogP contribution in [0.25, 0.3) is 0 Å². The minimum absolute atomic E-state index is 0.0659. The number of aliphatic hydroxyl groups excluding tert-OH is 1. The highest BCUT2D eigenvalue weighted by Crippen LogP contribution is 2.24. The van der Waals surface area contributed by atoms with Gasteiger partial charge in [-0.1, -0.05) is 6.92 Å². The van der Waals surface area contributed by atoms with Crippen LogP contribution >= 0.6 is 0 Å². The van der Waals surface area contributed by atoms with Gasteiger partial charge in [-0.15, -0.1) is 0 Å². The summed E-state index contributed by atoms with van der Waals surface area (Å²) in [5.74, 6) is 0.234. The third kappa shape index (κ3) is 2.19. The molecule has 0 spiro atoms. The number of rotatable bonds is 2. The lowest BCUT2D eigenvalue weighted by Crippen LogP contribution is -2.42. The van der Waals surface area contributed by atoms with Crippen LogP contribution in [-0.2, 0) is 9.47 Å². The Balaban J connectivity index is 2.42. The van der Waals surface area contributed by atoms with Gasteiger partial charge >= 0.3 is 0 Å². The van der Waals surface area contributed by atoms with Gasteiger partial charge in [-0.25, -0.2) is 0 Å². The van der Waals surface area contributed by atoms with Crippen molar-refractivity contribution in [2.75, 3.05) is 13.7 Å². The molecule has 12 heavy (non-hydrogen) atoms. The van der Waals surface area contributed by atoms with Gasteiger partial charge < -0.3 is 14.6 Å². The number of methoxy groups -OCH3 is 1. The van der Waals surface area contributed by atoms with Crippen LogP contribution in [0.15, 0.2) is 0 Å². The first-order valence-electron chi connectivity index (χ1n) is 4.47. The molecule has 0 saturated carbocycles. The average Bonchev–Trinajstić information content (AvgIpc) is 2.01. The molecule has 1 rings (SSSR count). The van der Waals surface area contributed by atoms with E-state index in [-0.39, 0.29) is 24.2 Å². The van der Waals surface area contributed by atoms with Crippen molar-refractivity contribution in [3.05, 3.63) is 0 Å². The SMILES string of the molecule is COCC1CC(O)C(C)C(C)O1. The van der Waals surface area contributed by atoms with E-state index in [2.05, 4.69) is 0 Å². The molecular formula is C9H18O3. The van der Waals surface area contributed by atoms with E-state index in [4.69, 9.17) is 9.47 Å².